The number of aryl methyl sites for hydroxylation is 1. The van der Waals surface area contributed by atoms with E-state index in [0.29, 0.717) is 6.61 Å². The number of ether oxygens (including phenoxy) is 2. The molecule has 0 amide bonds. The number of aromatic nitrogens is 2. The van der Waals surface area contributed by atoms with Crippen LogP contribution in [0, 0.1) is 6.92 Å². The van der Waals surface area contributed by atoms with Gasteiger partial charge in [0.05, 0.1) is 19.4 Å². The van der Waals surface area contributed by atoms with Gasteiger partial charge in [0.25, 0.3) is 0 Å². The predicted octanol–water partition coefficient (Wildman–Crippen LogP) is 2.35. The molecule has 2 rings (SSSR count). The second-order valence-corrected chi connectivity index (χ2v) is 3.79. The van der Waals surface area contributed by atoms with Gasteiger partial charge in [-0.2, -0.15) is 5.10 Å². The largest absolute Gasteiger partial charge is 0.493 e. The number of rotatable bonds is 5. The fourth-order valence-corrected chi connectivity index (χ4v) is 1.61. The second kappa shape index (κ2) is 5.39. The Morgan fingerprint density at radius 3 is 2.65 bits per heavy atom. The molecule has 0 atom stereocenters. The van der Waals surface area contributed by atoms with Crippen LogP contribution in [-0.4, -0.2) is 23.9 Å². The Labute approximate surface area is 101 Å². The first kappa shape index (κ1) is 11.5. The summed E-state index contributed by atoms with van der Waals surface area (Å²) in [6.45, 7) is 2.57. The summed E-state index contributed by atoms with van der Waals surface area (Å²) in [5.41, 5.74) is 2.08. The lowest BCUT2D eigenvalue weighted by Gasteiger charge is -2.09. The van der Waals surface area contributed by atoms with Crippen molar-refractivity contribution in [3.63, 3.8) is 0 Å². The van der Waals surface area contributed by atoms with Crippen LogP contribution in [0.25, 0.3) is 0 Å². The quantitative estimate of drug-likeness (QED) is 0.860. The Hall–Kier alpha value is -1.97. The summed E-state index contributed by atoms with van der Waals surface area (Å²) in [6, 6.07) is 9.65. The van der Waals surface area contributed by atoms with E-state index >= 15 is 0 Å². The smallest absolute Gasteiger partial charge is 0.161 e. The van der Waals surface area contributed by atoms with E-state index in [1.807, 2.05) is 37.3 Å². The molecule has 0 aliphatic carbocycles. The Kier molecular flexibility index (Phi) is 3.65. The standard InChI is InChI=1S/C13H16N2O2/c1-10-9-11(15-14-10)7-8-17-13-6-4-3-5-12(13)16-2/h3-6,9H,7-8H2,1-2H3,(H,14,15). The molecule has 1 N–H and O–H groups in total. The monoisotopic (exact) mass is 232 g/mol. The first-order valence-corrected chi connectivity index (χ1v) is 5.56. The van der Waals surface area contributed by atoms with Crippen LogP contribution in [0.4, 0.5) is 0 Å². The molecule has 0 fully saturated rings. The number of hydrogen-bond acceptors (Lipinski definition) is 3. The molecule has 4 nitrogen and oxygen atoms in total. The van der Waals surface area contributed by atoms with E-state index in [0.717, 1.165) is 29.3 Å². The number of nitrogens with one attached hydrogen (secondary N) is 1. The average Bonchev–Trinajstić information content (AvgIpc) is 2.76. The van der Waals surface area contributed by atoms with Crippen LogP contribution in [0.15, 0.2) is 30.3 Å². The second-order valence-electron chi connectivity index (χ2n) is 3.79. The maximum absolute atomic E-state index is 5.66. The van der Waals surface area contributed by atoms with Crippen LogP contribution >= 0.6 is 0 Å². The molecule has 0 unspecified atom stereocenters. The van der Waals surface area contributed by atoms with E-state index < -0.39 is 0 Å². The van der Waals surface area contributed by atoms with Gasteiger partial charge in [-0.15, -0.1) is 0 Å². The molecule has 0 aliphatic rings. The minimum Gasteiger partial charge on any atom is -0.493 e. The van der Waals surface area contributed by atoms with Crippen LogP contribution in [-0.2, 0) is 6.42 Å². The first-order valence-electron chi connectivity index (χ1n) is 5.56. The van der Waals surface area contributed by atoms with E-state index in [9.17, 15) is 0 Å². The molecule has 0 aliphatic heterocycles. The van der Waals surface area contributed by atoms with Crippen LogP contribution < -0.4 is 9.47 Å². The topological polar surface area (TPSA) is 47.1 Å². The number of hydrogen-bond donors (Lipinski definition) is 1. The average molecular weight is 232 g/mol. The lowest BCUT2D eigenvalue weighted by molar-refractivity contribution is 0.296. The molecule has 90 valence electrons. The predicted molar refractivity (Wildman–Crippen MR) is 65.5 cm³/mol. The summed E-state index contributed by atoms with van der Waals surface area (Å²) in [4.78, 5) is 0. The Balaban J connectivity index is 1.89. The zero-order chi connectivity index (χ0) is 12.1. The van der Waals surface area contributed by atoms with E-state index in [-0.39, 0.29) is 0 Å². The number of para-hydroxylation sites is 2. The molecule has 1 heterocycles. The zero-order valence-corrected chi connectivity index (χ0v) is 10.1. The van der Waals surface area contributed by atoms with Crippen molar-refractivity contribution >= 4 is 0 Å². The van der Waals surface area contributed by atoms with Gasteiger partial charge in [0.1, 0.15) is 0 Å². The van der Waals surface area contributed by atoms with Crippen molar-refractivity contribution in [3.05, 3.63) is 41.7 Å². The van der Waals surface area contributed by atoms with E-state index in [2.05, 4.69) is 10.2 Å². The van der Waals surface area contributed by atoms with Gasteiger partial charge in [0, 0.05) is 12.1 Å². The van der Waals surface area contributed by atoms with Gasteiger partial charge in [-0.05, 0) is 25.1 Å². The molecule has 17 heavy (non-hydrogen) atoms. The van der Waals surface area contributed by atoms with Gasteiger partial charge in [-0.3, -0.25) is 5.10 Å². The van der Waals surface area contributed by atoms with Crippen molar-refractivity contribution in [2.24, 2.45) is 0 Å². The van der Waals surface area contributed by atoms with Gasteiger partial charge < -0.3 is 9.47 Å². The summed E-state index contributed by atoms with van der Waals surface area (Å²) in [5.74, 6) is 1.52. The Bertz CT molecular complexity index is 480. The third-order valence-corrected chi connectivity index (χ3v) is 2.44. The fourth-order valence-electron chi connectivity index (χ4n) is 1.61. The highest BCUT2D eigenvalue weighted by Gasteiger charge is 2.03. The normalized spacial score (nSPS) is 10.2. The molecule has 1 aromatic heterocycles. The molecule has 4 heteroatoms. The molecule has 0 bridgehead atoms. The number of H-pyrrole nitrogens is 1. The van der Waals surface area contributed by atoms with Gasteiger partial charge in [0.2, 0.25) is 0 Å². The van der Waals surface area contributed by atoms with Crippen molar-refractivity contribution in [1.29, 1.82) is 0 Å². The zero-order valence-electron chi connectivity index (χ0n) is 10.1. The lowest BCUT2D eigenvalue weighted by Crippen LogP contribution is -2.02. The van der Waals surface area contributed by atoms with Crippen LogP contribution in [0.3, 0.4) is 0 Å². The van der Waals surface area contributed by atoms with Crippen molar-refractivity contribution in [1.82, 2.24) is 10.2 Å². The molecular weight excluding hydrogens is 216 g/mol. The third-order valence-electron chi connectivity index (χ3n) is 2.44. The molecule has 0 saturated carbocycles. The van der Waals surface area contributed by atoms with Crippen LogP contribution in [0.2, 0.25) is 0 Å². The van der Waals surface area contributed by atoms with E-state index in [4.69, 9.17) is 9.47 Å². The van der Waals surface area contributed by atoms with Crippen molar-refractivity contribution in [2.75, 3.05) is 13.7 Å². The molecule has 2 aromatic rings. The minimum atomic E-state index is 0.588. The Morgan fingerprint density at radius 2 is 2.00 bits per heavy atom. The maximum atomic E-state index is 5.66. The van der Waals surface area contributed by atoms with Crippen molar-refractivity contribution in [3.8, 4) is 11.5 Å². The third kappa shape index (κ3) is 3.00. The van der Waals surface area contributed by atoms with Gasteiger partial charge in [0.15, 0.2) is 11.5 Å². The molecular formula is C13H16N2O2. The highest BCUT2D eigenvalue weighted by Crippen LogP contribution is 2.25. The maximum Gasteiger partial charge on any atom is 0.161 e. The summed E-state index contributed by atoms with van der Waals surface area (Å²) >= 11 is 0. The molecule has 1 aromatic carbocycles. The number of benzene rings is 1. The number of nitrogens with zero attached hydrogens (tertiary/aromatic N) is 1. The molecule has 0 spiro atoms. The van der Waals surface area contributed by atoms with Gasteiger partial charge >= 0.3 is 0 Å². The summed E-state index contributed by atoms with van der Waals surface area (Å²) in [7, 11) is 1.64. The van der Waals surface area contributed by atoms with Crippen LogP contribution in [0.1, 0.15) is 11.4 Å². The first-order chi connectivity index (χ1) is 8.29. The summed E-state index contributed by atoms with van der Waals surface area (Å²) < 4.78 is 10.9. The number of methoxy groups -OCH3 is 1. The molecule has 0 saturated heterocycles. The highest BCUT2D eigenvalue weighted by atomic mass is 16.5. The summed E-state index contributed by atoms with van der Waals surface area (Å²) in [5, 5.41) is 7.06. The SMILES string of the molecule is COc1ccccc1OCCc1cc(C)[nH]n1. The van der Waals surface area contributed by atoms with Crippen LogP contribution in [0.5, 0.6) is 11.5 Å². The number of aromatic amines is 1. The van der Waals surface area contributed by atoms with Crippen molar-refractivity contribution in [2.45, 2.75) is 13.3 Å². The van der Waals surface area contributed by atoms with Gasteiger partial charge in [-0.25, -0.2) is 0 Å². The van der Waals surface area contributed by atoms with E-state index in [1.54, 1.807) is 7.11 Å². The Morgan fingerprint density at radius 1 is 1.24 bits per heavy atom. The van der Waals surface area contributed by atoms with Gasteiger partial charge in [-0.1, -0.05) is 12.1 Å². The molecule has 0 radical (unpaired) electrons. The van der Waals surface area contributed by atoms with Crippen molar-refractivity contribution < 1.29 is 9.47 Å². The minimum absolute atomic E-state index is 0.588. The fraction of sp³-hybridized carbons (Fsp3) is 0.308. The van der Waals surface area contributed by atoms with E-state index in [1.165, 1.54) is 0 Å². The lowest BCUT2D eigenvalue weighted by atomic mass is 10.3. The highest BCUT2D eigenvalue weighted by molar-refractivity contribution is 5.39. The summed E-state index contributed by atoms with van der Waals surface area (Å²) in [6.07, 6.45) is 0.780.